The van der Waals surface area contributed by atoms with E-state index in [-0.39, 0.29) is 42.3 Å². The predicted molar refractivity (Wildman–Crippen MR) is 151 cm³/mol. The molecule has 0 saturated heterocycles. The molecule has 0 bridgehead atoms. The maximum Gasteiger partial charge on any atom is 0.416 e. The van der Waals surface area contributed by atoms with Crippen molar-refractivity contribution >= 4 is 28.4 Å². The number of hydrogen-bond acceptors (Lipinski definition) is 6. The molecule has 13 heteroatoms. The number of ether oxygens (including phenoxy) is 2. The van der Waals surface area contributed by atoms with Gasteiger partial charge in [0.2, 0.25) is 18.6 Å². The van der Waals surface area contributed by atoms with Crippen molar-refractivity contribution in [2.45, 2.75) is 45.1 Å². The maximum atomic E-state index is 13.3. The first kappa shape index (κ1) is 29.4. The van der Waals surface area contributed by atoms with E-state index in [1.165, 1.54) is 18.2 Å². The van der Waals surface area contributed by atoms with Crippen LogP contribution >= 0.6 is 0 Å². The van der Waals surface area contributed by atoms with Gasteiger partial charge in [0.25, 0.3) is 5.56 Å². The highest BCUT2D eigenvalue weighted by Crippen LogP contribution is 2.32. The van der Waals surface area contributed by atoms with Crippen molar-refractivity contribution in [2.75, 3.05) is 12.1 Å². The van der Waals surface area contributed by atoms with Gasteiger partial charge in [0.15, 0.2) is 11.5 Å². The average molecular weight is 597 g/mol. The van der Waals surface area contributed by atoms with Crippen molar-refractivity contribution in [3.63, 3.8) is 0 Å². The van der Waals surface area contributed by atoms with E-state index in [1.54, 1.807) is 24.3 Å². The number of nitrogens with zero attached hydrogens (tertiary/aromatic N) is 2. The van der Waals surface area contributed by atoms with Gasteiger partial charge in [0, 0.05) is 25.2 Å². The quantitative estimate of drug-likeness (QED) is 0.267. The smallest absolute Gasteiger partial charge is 0.416 e. The third-order valence-electron chi connectivity index (χ3n) is 6.87. The predicted octanol–water partition coefficient (Wildman–Crippen LogP) is 4.04. The number of halogens is 3. The van der Waals surface area contributed by atoms with E-state index in [0.717, 1.165) is 32.9 Å². The maximum absolute atomic E-state index is 13.3. The highest BCUT2D eigenvalue weighted by Gasteiger charge is 2.30. The molecular formula is C30H27F3N4O6. The number of para-hydroxylation sites is 1. The van der Waals surface area contributed by atoms with Crippen LogP contribution in [0.3, 0.4) is 0 Å². The van der Waals surface area contributed by atoms with Crippen molar-refractivity contribution in [3.8, 4) is 11.5 Å². The van der Waals surface area contributed by atoms with Crippen molar-refractivity contribution in [1.29, 1.82) is 0 Å². The lowest BCUT2D eigenvalue weighted by molar-refractivity contribution is -0.137. The molecule has 1 aliphatic rings. The molecule has 3 aromatic carbocycles. The third kappa shape index (κ3) is 6.88. The van der Waals surface area contributed by atoms with E-state index in [1.807, 2.05) is 6.07 Å². The molecule has 0 atom stereocenters. The SMILES string of the molecule is O=C(CCCCn1c(=O)c2ccccc2n(CC(=O)Nc2cccc(C(F)(F)F)c2)c1=O)NCc1ccc2c(c1)OCO2. The van der Waals surface area contributed by atoms with Gasteiger partial charge in [0.05, 0.1) is 16.5 Å². The molecule has 1 aliphatic heterocycles. The van der Waals surface area contributed by atoms with Gasteiger partial charge in [0.1, 0.15) is 6.54 Å². The summed E-state index contributed by atoms with van der Waals surface area (Å²) in [5, 5.41) is 5.41. The number of unbranched alkanes of at least 4 members (excludes halogenated alkanes) is 1. The molecule has 5 rings (SSSR count). The van der Waals surface area contributed by atoms with E-state index in [9.17, 15) is 32.3 Å². The Morgan fingerprint density at radius 1 is 0.860 bits per heavy atom. The molecule has 0 radical (unpaired) electrons. The first-order valence-corrected chi connectivity index (χ1v) is 13.4. The summed E-state index contributed by atoms with van der Waals surface area (Å²) in [7, 11) is 0. The summed E-state index contributed by atoms with van der Waals surface area (Å²) >= 11 is 0. The first-order valence-electron chi connectivity index (χ1n) is 13.4. The van der Waals surface area contributed by atoms with E-state index in [0.29, 0.717) is 30.9 Å². The van der Waals surface area contributed by atoms with Gasteiger partial charge in [-0.3, -0.25) is 23.5 Å². The third-order valence-corrected chi connectivity index (χ3v) is 6.87. The Morgan fingerprint density at radius 3 is 2.47 bits per heavy atom. The second kappa shape index (κ2) is 12.4. The molecule has 10 nitrogen and oxygen atoms in total. The van der Waals surface area contributed by atoms with Crippen LogP contribution < -0.4 is 31.4 Å². The summed E-state index contributed by atoms with van der Waals surface area (Å²) in [6.45, 7) is -0.0677. The van der Waals surface area contributed by atoms with E-state index >= 15 is 0 Å². The number of hydrogen-bond donors (Lipinski definition) is 2. The molecule has 0 spiro atoms. The Hall–Kier alpha value is -5.07. The minimum Gasteiger partial charge on any atom is -0.454 e. The minimum atomic E-state index is -4.59. The number of anilines is 1. The lowest BCUT2D eigenvalue weighted by Gasteiger charge is -2.15. The fraction of sp³-hybridized carbons (Fsp3) is 0.267. The molecule has 224 valence electrons. The Kier molecular flexibility index (Phi) is 8.51. The normalized spacial score (nSPS) is 12.3. The van der Waals surface area contributed by atoms with E-state index in [4.69, 9.17) is 9.47 Å². The monoisotopic (exact) mass is 596 g/mol. The van der Waals surface area contributed by atoms with Crippen LogP contribution in [-0.2, 0) is 35.4 Å². The standard InChI is InChI=1S/C30H27F3N4O6/c31-30(32,33)20-6-5-7-21(15-20)35-27(39)17-37-23-9-2-1-8-22(23)28(40)36(29(37)41)13-4-3-10-26(38)34-16-19-11-12-24-25(14-19)43-18-42-24/h1-2,5-9,11-12,14-15H,3-4,10,13,16-18H2,(H,34,38)(H,35,39). The molecule has 0 fully saturated rings. The Bertz CT molecular complexity index is 1800. The van der Waals surface area contributed by atoms with Crippen LogP contribution in [0.5, 0.6) is 11.5 Å². The molecule has 2 N–H and O–H groups in total. The topological polar surface area (TPSA) is 121 Å². The lowest BCUT2D eigenvalue weighted by Crippen LogP contribution is -2.41. The van der Waals surface area contributed by atoms with Crippen LogP contribution in [0.1, 0.15) is 30.4 Å². The summed E-state index contributed by atoms with van der Waals surface area (Å²) in [5.74, 6) is 0.323. The zero-order chi connectivity index (χ0) is 30.6. The van der Waals surface area contributed by atoms with Gasteiger partial charge in [-0.1, -0.05) is 24.3 Å². The number of benzene rings is 3. The van der Waals surface area contributed by atoms with Gasteiger partial charge in [-0.05, 0) is 60.9 Å². The minimum absolute atomic E-state index is 0.00713. The first-order chi connectivity index (χ1) is 20.6. The van der Waals surface area contributed by atoms with Crippen LogP contribution in [0.2, 0.25) is 0 Å². The molecule has 0 saturated carbocycles. The Morgan fingerprint density at radius 2 is 1.65 bits per heavy atom. The molecule has 0 unspecified atom stereocenters. The molecular weight excluding hydrogens is 569 g/mol. The van der Waals surface area contributed by atoms with Crippen molar-refractivity contribution in [3.05, 3.63) is 98.7 Å². The van der Waals surface area contributed by atoms with Crippen LogP contribution in [0.4, 0.5) is 18.9 Å². The summed E-state index contributed by atoms with van der Waals surface area (Å²) in [5.41, 5.74) is -1.23. The van der Waals surface area contributed by atoms with Gasteiger partial charge in [-0.25, -0.2) is 4.79 Å². The highest BCUT2D eigenvalue weighted by atomic mass is 19.4. The van der Waals surface area contributed by atoms with Gasteiger partial charge >= 0.3 is 11.9 Å². The number of amides is 2. The van der Waals surface area contributed by atoms with Crippen LogP contribution in [0.15, 0.2) is 76.3 Å². The van der Waals surface area contributed by atoms with Gasteiger partial charge in [-0.2, -0.15) is 13.2 Å². The molecule has 4 aromatic rings. The zero-order valence-corrected chi connectivity index (χ0v) is 22.8. The molecule has 0 aliphatic carbocycles. The van der Waals surface area contributed by atoms with Crippen LogP contribution in [-0.4, -0.2) is 27.7 Å². The zero-order valence-electron chi connectivity index (χ0n) is 22.8. The molecule has 1 aromatic heterocycles. The molecule has 2 amide bonds. The number of rotatable bonds is 10. The van der Waals surface area contributed by atoms with Gasteiger partial charge < -0.3 is 20.1 Å². The summed E-state index contributed by atoms with van der Waals surface area (Å²) < 4.78 is 51.9. The number of aromatic nitrogens is 2. The fourth-order valence-electron chi connectivity index (χ4n) is 4.73. The van der Waals surface area contributed by atoms with Gasteiger partial charge in [-0.15, -0.1) is 0 Å². The highest BCUT2D eigenvalue weighted by molar-refractivity contribution is 5.91. The summed E-state index contributed by atoms with van der Waals surface area (Å²) in [6, 6.07) is 15.8. The number of fused-ring (bicyclic) bond motifs is 2. The molecule has 2 heterocycles. The number of carbonyl (C=O) groups is 2. The lowest BCUT2D eigenvalue weighted by atomic mass is 10.2. The average Bonchev–Trinajstić information content (AvgIpc) is 3.45. The second-order valence-corrected chi connectivity index (χ2v) is 9.89. The molecule has 43 heavy (non-hydrogen) atoms. The fourth-order valence-corrected chi connectivity index (χ4v) is 4.73. The summed E-state index contributed by atoms with van der Waals surface area (Å²) in [4.78, 5) is 51.6. The number of nitrogens with one attached hydrogen (secondary N) is 2. The van der Waals surface area contributed by atoms with E-state index in [2.05, 4.69) is 10.6 Å². The number of alkyl halides is 3. The Labute approximate surface area is 242 Å². The van der Waals surface area contributed by atoms with Crippen molar-refractivity contribution in [1.82, 2.24) is 14.5 Å². The summed E-state index contributed by atoms with van der Waals surface area (Å²) in [6.07, 6.45) is -3.69. The van der Waals surface area contributed by atoms with Crippen molar-refractivity contribution in [2.24, 2.45) is 0 Å². The van der Waals surface area contributed by atoms with Crippen LogP contribution in [0, 0.1) is 0 Å². The number of carbonyl (C=O) groups excluding carboxylic acids is 2. The van der Waals surface area contributed by atoms with E-state index < -0.39 is 35.4 Å². The largest absolute Gasteiger partial charge is 0.454 e. The van der Waals surface area contributed by atoms with Crippen molar-refractivity contribution < 1.29 is 32.2 Å². The Balaban J connectivity index is 1.22. The van der Waals surface area contributed by atoms with Crippen LogP contribution in [0.25, 0.3) is 10.9 Å². The second-order valence-electron chi connectivity index (χ2n) is 9.89.